The average molecular weight is 442 g/mol. The van der Waals surface area contributed by atoms with E-state index in [2.05, 4.69) is 4.57 Å². The molecule has 0 bridgehead atoms. The third kappa shape index (κ3) is 2.95. The third-order valence-electron chi connectivity index (χ3n) is 4.81. The van der Waals surface area contributed by atoms with E-state index in [0.29, 0.717) is 11.3 Å². The Morgan fingerprint density at radius 1 is 1.00 bits per heavy atom. The Hall–Kier alpha value is -2.21. The quantitative estimate of drug-likeness (QED) is 0.339. The zero-order chi connectivity index (χ0) is 16.7. The van der Waals surface area contributed by atoms with E-state index in [0.717, 1.165) is 40.6 Å². The predicted octanol–water partition coefficient (Wildman–Crippen LogP) is 0.463. The van der Waals surface area contributed by atoms with Crippen LogP contribution in [0.3, 0.4) is 0 Å². The summed E-state index contributed by atoms with van der Waals surface area (Å²) in [5, 5.41) is 0.938. The van der Waals surface area contributed by atoms with Gasteiger partial charge in [-0.25, -0.2) is 0 Å². The zero-order valence-electron chi connectivity index (χ0n) is 14.0. The van der Waals surface area contributed by atoms with Crippen molar-refractivity contribution >= 4 is 28.4 Å². The molecule has 4 heteroatoms. The van der Waals surface area contributed by atoms with Crippen molar-refractivity contribution in [2.45, 2.75) is 12.8 Å². The first-order valence-corrected chi connectivity index (χ1v) is 8.16. The molecule has 4 rings (SSSR count). The van der Waals surface area contributed by atoms with E-state index >= 15 is 0 Å². The van der Waals surface area contributed by atoms with Crippen LogP contribution in [0.15, 0.2) is 60.2 Å². The Kier molecular flexibility index (Phi) is 4.90. The number of aromatic nitrogens is 1. The molecule has 3 nitrogen and oxygen atoms in total. The summed E-state index contributed by atoms with van der Waals surface area (Å²) in [4.78, 5) is 13.1. The lowest BCUT2D eigenvalue weighted by Crippen LogP contribution is -3.00. The minimum Gasteiger partial charge on any atom is -1.00 e. The van der Waals surface area contributed by atoms with Gasteiger partial charge in [0.2, 0.25) is 5.52 Å². The zero-order valence-corrected chi connectivity index (χ0v) is 16.2. The number of allylic oxidation sites excluding steroid dienone is 1. The van der Waals surface area contributed by atoms with Crippen LogP contribution < -0.4 is 34.3 Å². The van der Waals surface area contributed by atoms with E-state index < -0.39 is 0 Å². The van der Waals surface area contributed by atoms with E-state index in [1.807, 2.05) is 67.7 Å². The molecule has 2 aromatic carbocycles. The molecule has 1 aliphatic rings. The van der Waals surface area contributed by atoms with Gasteiger partial charge in [0.1, 0.15) is 12.6 Å². The molecular weight excluding hydrogens is 423 g/mol. The minimum atomic E-state index is 0. The fraction of sp³-hybridized carbons (Fsp3) is 0.143. The number of nitrogens with two attached hydrogens (primary N) is 1. The van der Waals surface area contributed by atoms with Crippen molar-refractivity contribution in [3.05, 3.63) is 77.0 Å². The van der Waals surface area contributed by atoms with Crippen LogP contribution in [0.2, 0.25) is 0 Å². The summed E-state index contributed by atoms with van der Waals surface area (Å²) in [6.45, 7) is 0. The number of nitrogen functional groups attached to an aromatic ring is 1. The number of nitrogens with zero attached hydrogens (tertiary/aromatic N) is 1. The standard InChI is InChI=1S/C21H18N2O.HI/c1-23-17-10-6-5-9-16(17)20(22)19-18(23)12-11-15(21(19)24)13-14-7-3-2-4-8-14;/h2-10,13,22H,11-12H2,1H3;1H/b15-13-;. The van der Waals surface area contributed by atoms with E-state index in [1.165, 1.54) is 0 Å². The van der Waals surface area contributed by atoms with Crippen LogP contribution >= 0.6 is 0 Å². The van der Waals surface area contributed by atoms with Crippen molar-refractivity contribution in [1.29, 1.82) is 0 Å². The molecule has 1 heterocycles. The number of benzene rings is 2. The van der Waals surface area contributed by atoms with E-state index in [-0.39, 0.29) is 29.8 Å². The van der Waals surface area contributed by atoms with Crippen molar-refractivity contribution in [1.82, 2.24) is 0 Å². The summed E-state index contributed by atoms with van der Waals surface area (Å²) in [7, 11) is 2.01. The van der Waals surface area contributed by atoms with Gasteiger partial charge in [0.05, 0.1) is 11.1 Å². The Morgan fingerprint density at radius 3 is 2.44 bits per heavy atom. The number of carbonyl (C=O) groups excluding carboxylic acids is 1. The lowest BCUT2D eigenvalue weighted by molar-refractivity contribution is -0.653. The number of Topliss-reactive ketones (excluding diaryl/α,β-unsaturated/α-hetero) is 1. The van der Waals surface area contributed by atoms with Crippen molar-refractivity contribution in [3.8, 4) is 0 Å². The number of halogens is 1. The van der Waals surface area contributed by atoms with Gasteiger partial charge in [-0.1, -0.05) is 42.5 Å². The lowest BCUT2D eigenvalue weighted by Gasteiger charge is -2.18. The van der Waals surface area contributed by atoms with E-state index in [1.54, 1.807) is 0 Å². The molecule has 0 radical (unpaired) electrons. The van der Waals surface area contributed by atoms with Crippen LogP contribution in [0, 0.1) is 0 Å². The number of pyridine rings is 1. The highest BCUT2D eigenvalue weighted by molar-refractivity contribution is 6.18. The molecule has 3 aromatic rings. The first kappa shape index (κ1) is 17.6. The number of para-hydroxylation sites is 1. The molecule has 0 amide bonds. The first-order chi connectivity index (χ1) is 11.7. The number of fused-ring (bicyclic) bond motifs is 2. The Balaban J connectivity index is 0.00000182. The summed E-state index contributed by atoms with van der Waals surface area (Å²) in [5.74, 6) is 0.0546. The number of anilines is 1. The number of rotatable bonds is 1. The molecular formula is C21H19IN2O. The summed E-state index contributed by atoms with van der Waals surface area (Å²) in [6, 6.07) is 18.0. The van der Waals surface area contributed by atoms with Crippen LogP contribution in [0.25, 0.3) is 17.0 Å². The molecule has 0 atom stereocenters. The largest absolute Gasteiger partial charge is 1.00 e. The highest BCUT2D eigenvalue weighted by Crippen LogP contribution is 2.32. The Bertz CT molecular complexity index is 994. The molecule has 0 fully saturated rings. The van der Waals surface area contributed by atoms with Crippen molar-refractivity contribution in [3.63, 3.8) is 0 Å². The van der Waals surface area contributed by atoms with Crippen LogP contribution in [0.1, 0.15) is 28.0 Å². The highest BCUT2D eigenvalue weighted by Gasteiger charge is 2.32. The van der Waals surface area contributed by atoms with Crippen LogP contribution in [0.5, 0.6) is 0 Å². The van der Waals surface area contributed by atoms with Gasteiger partial charge in [-0.05, 0) is 24.1 Å². The Labute approximate surface area is 164 Å². The fourth-order valence-electron chi connectivity index (χ4n) is 3.56. The maximum absolute atomic E-state index is 13.1. The van der Waals surface area contributed by atoms with E-state index in [9.17, 15) is 4.79 Å². The summed E-state index contributed by atoms with van der Waals surface area (Å²) >= 11 is 0. The molecule has 0 saturated carbocycles. The van der Waals surface area contributed by atoms with Gasteiger partial charge < -0.3 is 29.7 Å². The molecule has 1 aliphatic carbocycles. The second-order valence-corrected chi connectivity index (χ2v) is 6.22. The SMILES string of the molecule is C[n+]1c2c(c(N)c3ccccc31)C(=O)/C(=C\c1ccccc1)CC2.[I-]. The maximum atomic E-state index is 13.1. The van der Waals surface area contributed by atoms with Gasteiger partial charge in [0.25, 0.3) is 0 Å². The molecule has 126 valence electrons. The number of aryl methyl sites for hydroxylation is 1. The van der Waals surface area contributed by atoms with Crippen LogP contribution in [-0.2, 0) is 13.5 Å². The molecule has 0 spiro atoms. The number of hydrogen-bond donors (Lipinski definition) is 1. The van der Waals surface area contributed by atoms with Crippen molar-refractivity contribution in [2.75, 3.05) is 5.73 Å². The summed E-state index contributed by atoms with van der Waals surface area (Å²) in [5.41, 5.74) is 11.6. The molecule has 1 aromatic heterocycles. The predicted molar refractivity (Wildman–Crippen MR) is 96.6 cm³/mol. The van der Waals surface area contributed by atoms with Crippen LogP contribution in [0.4, 0.5) is 5.69 Å². The second kappa shape index (κ2) is 6.96. The second-order valence-electron chi connectivity index (χ2n) is 6.22. The van der Waals surface area contributed by atoms with Crippen molar-refractivity contribution in [2.24, 2.45) is 7.05 Å². The fourth-order valence-corrected chi connectivity index (χ4v) is 3.56. The van der Waals surface area contributed by atoms with Crippen LogP contribution in [-0.4, -0.2) is 5.78 Å². The van der Waals surface area contributed by atoms with Gasteiger partial charge in [0.15, 0.2) is 11.5 Å². The molecule has 25 heavy (non-hydrogen) atoms. The first-order valence-electron chi connectivity index (χ1n) is 8.16. The number of ketones is 1. The van der Waals surface area contributed by atoms with Gasteiger partial charge in [-0.15, -0.1) is 0 Å². The lowest BCUT2D eigenvalue weighted by atomic mass is 9.86. The van der Waals surface area contributed by atoms with Crippen molar-refractivity contribution < 1.29 is 33.3 Å². The Morgan fingerprint density at radius 2 is 1.68 bits per heavy atom. The van der Waals surface area contributed by atoms with E-state index in [4.69, 9.17) is 5.73 Å². The van der Waals surface area contributed by atoms with Gasteiger partial charge in [0, 0.05) is 18.1 Å². The normalized spacial score (nSPS) is 15.1. The summed E-state index contributed by atoms with van der Waals surface area (Å²) in [6.07, 6.45) is 3.55. The number of carbonyl (C=O) groups is 1. The highest BCUT2D eigenvalue weighted by atomic mass is 127. The molecule has 0 unspecified atom stereocenters. The smallest absolute Gasteiger partial charge is 0.214 e. The van der Waals surface area contributed by atoms with Gasteiger partial charge >= 0.3 is 0 Å². The molecule has 2 N–H and O–H groups in total. The maximum Gasteiger partial charge on any atom is 0.214 e. The average Bonchev–Trinajstić information content (AvgIpc) is 2.62. The monoisotopic (exact) mass is 442 g/mol. The van der Waals surface area contributed by atoms with Gasteiger partial charge in [-0.2, -0.15) is 4.57 Å². The third-order valence-corrected chi connectivity index (χ3v) is 4.81. The summed E-state index contributed by atoms with van der Waals surface area (Å²) < 4.78 is 2.11. The topological polar surface area (TPSA) is 47.0 Å². The minimum absolute atomic E-state index is 0. The van der Waals surface area contributed by atoms with Gasteiger partial charge in [-0.3, -0.25) is 4.79 Å². The molecule has 0 aliphatic heterocycles. The molecule has 0 saturated heterocycles. The number of hydrogen-bond acceptors (Lipinski definition) is 2.